The normalized spacial score (nSPS) is 14.9. The van der Waals surface area contributed by atoms with Crippen LogP contribution in [0.4, 0.5) is 5.69 Å². The third kappa shape index (κ3) is 5.09. The van der Waals surface area contributed by atoms with Gasteiger partial charge in [0.1, 0.15) is 11.5 Å². The number of piperidine rings is 1. The minimum atomic E-state index is 0.00666. The van der Waals surface area contributed by atoms with Gasteiger partial charge >= 0.3 is 0 Å². The molecule has 2 aromatic carbocycles. The van der Waals surface area contributed by atoms with Crippen molar-refractivity contribution in [3.8, 4) is 11.5 Å². The second-order valence-corrected chi connectivity index (χ2v) is 8.52. The van der Waals surface area contributed by atoms with Crippen LogP contribution in [0.1, 0.15) is 28.8 Å². The number of likely N-dealkylation sites (tertiary alicyclic amines) is 1. The van der Waals surface area contributed by atoms with Gasteiger partial charge in [0, 0.05) is 43.0 Å². The molecule has 1 saturated heterocycles. The summed E-state index contributed by atoms with van der Waals surface area (Å²) in [6, 6.07) is 17.4. The van der Waals surface area contributed by atoms with Gasteiger partial charge in [-0.1, -0.05) is 6.07 Å². The molecular weight excluding hydrogens is 408 g/mol. The van der Waals surface area contributed by atoms with Gasteiger partial charge < -0.3 is 14.4 Å². The fourth-order valence-corrected chi connectivity index (χ4v) is 4.76. The number of carbonyl (C=O) groups excluding carboxylic acids is 1. The fraction of sp³-hybridized carbons (Fsp3) is 0.320. The lowest BCUT2D eigenvalue weighted by Crippen LogP contribution is -2.47. The zero-order valence-electron chi connectivity index (χ0n) is 18.0. The van der Waals surface area contributed by atoms with Crippen LogP contribution in [-0.2, 0) is 6.54 Å². The summed E-state index contributed by atoms with van der Waals surface area (Å²) < 4.78 is 10.7. The number of hydrogen-bond donors (Lipinski definition) is 0. The summed E-state index contributed by atoms with van der Waals surface area (Å²) in [5, 5.41) is 4.34. The van der Waals surface area contributed by atoms with Gasteiger partial charge in [0.15, 0.2) is 0 Å². The van der Waals surface area contributed by atoms with Gasteiger partial charge in [-0.25, -0.2) is 0 Å². The summed E-state index contributed by atoms with van der Waals surface area (Å²) >= 11 is 1.74. The maximum Gasteiger partial charge on any atom is 0.258 e. The molecule has 1 aromatic heterocycles. The van der Waals surface area contributed by atoms with Crippen LogP contribution in [0.5, 0.6) is 11.5 Å². The molecular formula is C25H28N2O3S. The summed E-state index contributed by atoms with van der Waals surface area (Å²) in [6.45, 7) is 2.91. The molecule has 6 heteroatoms. The van der Waals surface area contributed by atoms with Crippen molar-refractivity contribution in [3.63, 3.8) is 0 Å². The third-order valence-electron chi connectivity index (χ3n) is 5.80. The molecule has 0 bridgehead atoms. The van der Waals surface area contributed by atoms with E-state index in [9.17, 15) is 4.79 Å². The lowest BCUT2D eigenvalue weighted by molar-refractivity contribution is 0.0958. The number of nitrogens with zero attached hydrogens (tertiary/aromatic N) is 2. The van der Waals surface area contributed by atoms with Crippen molar-refractivity contribution in [3.05, 3.63) is 76.5 Å². The lowest BCUT2D eigenvalue weighted by Gasteiger charge is -2.38. The van der Waals surface area contributed by atoms with Gasteiger partial charge in [-0.05, 0) is 71.6 Å². The maximum absolute atomic E-state index is 13.6. The van der Waals surface area contributed by atoms with Crippen LogP contribution in [0, 0.1) is 0 Å². The van der Waals surface area contributed by atoms with E-state index in [1.54, 1.807) is 25.6 Å². The highest BCUT2D eigenvalue weighted by Gasteiger charge is 2.30. The number of methoxy groups -OCH3 is 2. The van der Waals surface area contributed by atoms with Crippen molar-refractivity contribution in [1.82, 2.24) is 4.90 Å². The Morgan fingerprint density at radius 3 is 2.42 bits per heavy atom. The van der Waals surface area contributed by atoms with Crippen molar-refractivity contribution >= 4 is 22.9 Å². The largest absolute Gasteiger partial charge is 0.497 e. The Labute approximate surface area is 187 Å². The Morgan fingerprint density at radius 2 is 1.77 bits per heavy atom. The summed E-state index contributed by atoms with van der Waals surface area (Å²) in [4.78, 5) is 18.0. The van der Waals surface area contributed by atoms with Crippen molar-refractivity contribution in [2.24, 2.45) is 0 Å². The van der Waals surface area contributed by atoms with Gasteiger partial charge in [0.25, 0.3) is 5.91 Å². The topological polar surface area (TPSA) is 42.0 Å². The average Bonchev–Trinajstić information content (AvgIpc) is 3.33. The SMILES string of the molecule is COc1ccc(C(=O)N(c2cccc(OC)c2)C2CCN(Cc3ccsc3)CC2)cc1. The van der Waals surface area contributed by atoms with E-state index in [1.807, 2.05) is 53.4 Å². The van der Waals surface area contributed by atoms with E-state index in [1.165, 1.54) is 5.56 Å². The molecule has 1 aliphatic rings. The smallest absolute Gasteiger partial charge is 0.258 e. The molecule has 5 nitrogen and oxygen atoms in total. The Morgan fingerprint density at radius 1 is 1.03 bits per heavy atom. The number of hydrogen-bond acceptors (Lipinski definition) is 5. The predicted molar refractivity (Wildman–Crippen MR) is 125 cm³/mol. The molecule has 1 fully saturated rings. The summed E-state index contributed by atoms with van der Waals surface area (Å²) in [5.74, 6) is 1.50. The van der Waals surface area contributed by atoms with Gasteiger partial charge in [0.05, 0.1) is 14.2 Å². The predicted octanol–water partition coefficient (Wildman–Crippen LogP) is 5.08. The molecule has 0 aliphatic carbocycles. The van der Waals surface area contributed by atoms with Gasteiger partial charge in [-0.2, -0.15) is 11.3 Å². The molecule has 0 spiro atoms. The molecule has 31 heavy (non-hydrogen) atoms. The number of amides is 1. The second-order valence-electron chi connectivity index (χ2n) is 7.74. The van der Waals surface area contributed by atoms with Crippen molar-refractivity contribution in [2.45, 2.75) is 25.4 Å². The van der Waals surface area contributed by atoms with Crippen molar-refractivity contribution in [1.29, 1.82) is 0 Å². The molecule has 1 amide bonds. The molecule has 0 N–H and O–H groups in total. The minimum Gasteiger partial charge on any atom is -0.497 e. The van der Waals surface area contributed by atoms with Gasteiger partial charge in [-0.3, -0.25) is 9.69 Å². The first-order chi connectivity index (χ1) is 15.2. The average molecular weight is 437 g/mol. The number of rotatable bonds is 7. The number of thiophene rings is 1. The highest BCUT2D eigenvalue weighted by Crippen LogP contribution is 2.29. The molecule has 2 heterocycles. The minimum absolute atomic E-state index is 0.00666. The van der Waals surface area contributed by atoms with E-state index >= 15 is 0 Å². The van der Waals surface area contributed by atoms with E-state index < -0.39 is 0 Å². The van der Waals surface area contributed by atoms with E-state index in [-0.39, 0.29) is 11.9 Å². The Balaban J connectivity index is 1.55. The fourth-order valence-electron chi connectivity index (χ4n) is 4.10. The first-order valence-corrected chi connectivity index (χ1v) is 11.5. The number of carbonyl (C=O) groups is 1. The van der Waals surface area contributed by atoms with Crippen LogP contribution in [0.15, 0.2) is 65.4 Å². The molecule has 0 saturated carbocycles. The first-order valence-electron chi connectivity index (χ1n) is 10.5. The second kappa shape index (κ2) is 9.98. The standard InChI is InChI=1S/C25H28N2O3S/c1-29-23-8-6-20(7-9-23)25(28)27(22-4-3-5-24(16-22)30-2)21-10-13-26(14-11-21)17-19-12-15-31-18-19/h3-9,12,15-16,18,21H,10-11,13-14,17H2,1-2H3. The highest BCUT2D eigenvalue weighted by molar-refractivity contribution is 7.07. The summed E-state index contributed by atoms with van der Waals surface area (Å²) in [5.41, 5.74) is 2.89. The van der Waals surface area contributed by atoms with Crippen molar-refractivity contribution < 1.29 is 14.3 Å². The number of ether oxygens (including phenoxy) is 2. The van der Waals surface area contributed by atoms with Crippen LogP contribution in [0.3, 0.4) is 0 Å². The molecule has 3 aromatic rings. The molecule has 162 valence electrons. The third-order valence-corrected chi connectivity index (χ3v) is 6.53. The van der Waals surface area contributed by atoms with E-state index in [0.29, 0.717) is 5.56 Å². The molecule has 1 aliphatic heterocycles. The van der Waals surface area contributed by atoms with E-state index in [4.69, 9.17) is 9.47 Å². The van der Waals surface area contributed by atoms with Crippen molar-refractivity contribution in [2.75, 3.05) is 32.2 Å². The first kappa shape index (κ1) is 21.4. The Hall–Kier alpha value is -2.83. The van der Waals surface area contributed by atoms with E-state index in [0.717, 1.165) is 49.7 Å². The lowest BCUT2D eigenvalue weighted by atomic mass is 10.00. The number of anilines is 1. The monoisotopic (exact) mass is 436 g/mol. The molecule has 0 atom stereocenters. The molecule has 0 unspecified atom stereocenters. The Kier molecular flexibility index (Phi) is 6.89. The van der Waals surface area contributed by atoms with Crippen LogP contribution < -0.4 is 14.4 Å². The van der Waals surface area contributed by atoms with Gasteiger partial charge in [-0.15, -0.1) is 0 Å². The molecule has 4 rings (SSSR count). The number of benzene rings is 2. The van der Waals surface area contributed by atoms with Crippen LogP contribution in [-0.4, -0.2) is 44.2 Å². The molecule has 0 radical (unpaired) electrons. The van der Waals surface area contributed by atoms with E-state index in [2.05, 4.69) is 21.7 Å². The summed E-state index contributed by atoms with van der Waals surface area (Å²) in [7, 11) is 3.28. The van der Waals surface area contributed by atoms with Crippen LogP contribution in [0.2, 0.25) is 0 Å². The zero-order valence-corrected chi connectivity index (χ0v) is 18.8. The van der Waals surface area contributed by atoms with Crippen LogP contribution in [0.25, 0.3) is 0 Å². The van der Waals surface area contributed by atoms with Gasteiger partial charge in [0.2, 0.25) is 0 Å². The maximum atomic E-state index is 13.6. The summed E-state index contributed by atoms with van der Waals surface area (Å²) in [6.07, 6.45) is 1.87. The highest BCUT2D eigenvalue weighted by atomic mass is 32.1. The zero-order chi connectivity index (χ0) is 21.6. The van der Waals surface area contributed by atoms with Crippen LogP contribution >= 0.6 is 11.3 Å². The quantitative estimate of drug-likeness (QED) is 0.518. The Bertz CT molecular complexity index is 980.